The lowest BCUT2D eigenvalue weighted by molar-refractivity contribution is 0.100. The summed E-state index contributed by atoms with van der Waals surface area (Å²) in [5.74, 6) is 1.82. The quantitative estimate of drug-likeness (QED) is 0.714. The summed E-state index contributed by atoms with van der Waals surface area (Å²) in [6.07, 6.45) is 1.69. The Kier molecular flexibility index (Phi) is 6.14. The Bertz CT molecular complexity index is 456. The summed E-state index contributed by atoms with van der Waals surface area (Å²) in [5, 5.41) is 3.33. The van der Waals surface area contributed by atoms with Crippen LogP contribution >= 0.6 is 0 Å². The van der Waals surface area contributed by atoms with Crippen LogP contribution in [0.25, 0.3) is 0 Å². The van der Waals surface area contributed by atoms with Gasteiger partial charge in [-0.15, -0.1) is 0 Å². The molecule has 1 atom stereocenters. The van der Waals surface area contributed by atoms with Crippen molar-refractivity contribution in [3.63, 3.8) is 0 Å². The Morgan fingerprint density at radius 3 is 2.65 bits per heavy atom. The van der Waals surface area contributed by atoms with Crippen LogP contribution in [0.1, 0.15) is 18.7 Å². The zero-order valence-electron chi connectivity index (χ0n) is 11.7. The minimum Gasteiger partial charge on any atom is -0.491 e. The number of ether oxygens (including phenoxy) is 2. The Labute approximate surface area is 119 Å². The molecule has 20 heavy (non-hydrogen) atoms. The van der Waals surface area contributed by atoms with Crippen LogP contribution in [-0.2, 0) is 4.74 Å². The molecule has 0 aliphatic heterocycles. The van der Waals surface area contributed by atoms with Crippen LogP contribution in [0.5, 0.6) is 5.75 Å². The van der Waals surface area contributed by atoms with Gasteiger partial charge in [0.2, 0.25) is 0 Å². The van der Waals surface area contributed by atoms with Crippen molar-refractivity contribution < 1.29 is 13.9 Å². The molecule has 4 nitrogen and oxygen atoms in total. The third-order valence-corrected chi connectivity index (χ3v) is 2.91. The zero-order chi connectivity index (χ0) is 14.0. The monoisotopic (exact) mass is 275 g/mol. The van der Waals surface area contributed by atoms with E-state index in [1.807, 2.05) is 42.5 Å². The van der Waals surface area contributed by atoms with Gasteiger partial charge in [0.05, 0.1) is 25.5 Å². The summed E-state index contributed by atoms with van der Waals surface area (Å²) in [6, 6.07) is 13.8. The van der Waals surface area contributed by atoms with Crippen molar-refractivity contribution in [2.75, 3.05) is 26.4 Å². The van der Waals surface area contributed by atoms with Crippen LogP contribution in [0.2, 0.25) is 0 Å². The standard InChI is InChI=1S/C16H21NO3/c1-14(16-8-5-10-20-16)17-9-11-18-12-13-19-15-6-3-2-4-7-15/h2-8,10,14,17H,9,11-13H2,1H3. The van der Waals surface area contributed by atoms with E-state index in [2.05, 4.69) is 12.2 Å². The lowest BCUT2D eigenvalue weighted by Crippen LogP contribution is -2.23. The van der Waals surface area contributed by atoms with Gasteiger partial charge in [0.15, 0.2) is 0 Å². The van der Waals surface area contributed by atoms with Gasteiger partial charge in [0, 0.05) is 6.54 Å². The molecular weight excluding hydrogens is 254 g/mol. The summed E-state index contributed by atoms with van der Waals surface area (Å²) in [6.45, 7) is 4.66. The third-order valence-electron chi connectivity index (χ3n) is 2.91. The lowest BCUT2D eigenvalue weighted by Gasteiger charge is -2.11. The van der Waals surface area contributed by atoms with Gasteiger partial charge in [-0.05, 0) is 31.2 Å². The second-order valence-corrected chi connectivity index (χ2v) is 4.47. The van der Waals surface area contributed by atoms with Crippen molar-refractivity contribution in [3.05, 3.63) is 54.5 Å². The largest absolute Gasteiger partial charge is 0.491 e. The number of furan rings is 1. The summed E-state index contributed by atoms with van der Waals surface area (Å²) in [4.78, 5) is 0. The summed E-state index contributed by atoms with van der Waals surface area (Å²) >= 11 is 0. The number of hydrogen-bond donors (Lipinski definition) is 1. The van der Waals surface area contributed by atoms with Crippen molar-refractivity contribution in [3.8, 4) is 5.75 Å². The topological polar surface area (TPSA) is 43.6 Å². The van der Waals surface area contributed by atoms with Gasteiger partial charge >= 0.3 is 0 Å². The highest BCUT2D eigenvalue weighted by Crippen LogP contribution is 2.11. The van der Waals surface area contributed by atoms with Crippen LogP contribution in [0.3, 0.4) is 0 Å². The molecule has 0 aliphatic rings. The second kappa shape index (κ2) is 8.40. The molecule has 4 heteroatoms. The van der Waals surface area contributed by atoms with E-state index in [4.69, 9.17) is 13.9 Å². The molecule has 0 aliphatic carbocycles. The van der Waals surface area contributed by atoms with E-state index in [1.54, 1.807) is 6.26 Å². The fraction of sp³-hybridized carbons (Fsp3) is 0.375. The highest BCUT2D eigenvalue weighted by atomic mass is 16.5. The van der Waals surface area contributed by atoms with Gasteiger partial charge in [-0.1, -0.05) is 18.2 Å². The van der Waals surface area contributed by atoms with E-state index in [9.17, 15) is 0 Å². The number of benzene rings is 1. The van der Waals surface area contributed by atoms with Gasteiger partial charge in [-0.25, -0.2) is 0 Å². The number of hydrogen-bond acceptors (Lipinski definition) is 4. The van der Waals surface area contributed by atoms with E-state index in [-0.39, 0.29) is 6.04 Å². The molecule has 1 N–H and O–H groups in total. The maximum absolute atomic E-state index is 5.53. The van der Waals surface area contributed by atoms with E-state index in [0.29, 0.717) is 19.8 Å². The average Bonchev–Trinajstić information content (AvgIpc) is 3.01. The van der Waals surface area contributed by atoms with Gasteiger partial charge in [-0.3, -0.25) is 0 Å². The molecule has 0 saturated carbocycles. The van der Waals surface area contributed by atoms with Gasteiger partial charge < -0.3 is 19.2 Å². The average molecular weight is 275 g/mol. The minimum atomic E-state index is 0.203. The van der Waals surface area contributed by atoms with Crippen LogP contribution in [0.15, 0.2) is 53.1 Å². The minimum absolute atomic E-state index is 0.203. The van der Waals surface area contributed by atoms with Gasteiger partial charge in [0.1, 0.15) is 18.1 Å². The van der Waals surface area contributed by atoms with E-state index >= 15 is 0 Å². The molecule has 2 rings (SSSR count). The maximum atomic E-state index is 5.53. The Morgan fingerprint density at radius 2 is 1.90 bits per heavy atom. The molecule has 0 bridgehead atoms. The molecule has 1 aromatic heterocycles. The van der Waals surface area contributed by atoms with E-state index in [1.165, 1.54) is 0 Å². The molecule has 0 fully saturated rings. The molecule has 1 aromatic carbocycles. The normalized spacial score (nSPS) is 12.2. The van der Waals surface area contributed by atoms with Crippen LogP contribution < -0.4 is 10.1 Å². The lowest BCUT2D eigenvalue weighted by atomic mass is 10.2. The van der Waals surface area contributed by atoms with Gasteiger partial charge in [-0.2, -0.15) is 0 Å². The molecule has 2 aromatic rings. The molecule has 1 heterocycles. The summed E-state index contributed by atoms with van der Waals surface area (Å²) in [5.41, 5.74) is 0. The van der Waals surface area contributed by atoms with Crippen molar-refractivity contribution in [2.24, 2.45) is 0 Å². The maximum Gasteiger partial charge on any atom is 0.120 e. The molecule has 1 unspecified atom stereocenters. The number of nitrogens with one attached hydrogen (secondary N) is 1. The number of rotatable bonds is 9. The van der Waals surface area contributed by atoms with Crippen LogP contribution in [0, 0.1) is 0 Å². The van der Waals surface area contributed by atoms with Gasteiger partial charge in [0.25, 0.3) is 0 Å². The van der Waals surface area contributed by atoms with Crippen molar-refractivity contribution in [1.29, 1.82) is 0 Å². The zero-order valence-corrected chi connectivity index (χ0v) is 11.7. The smallest absolute Gasteiger partial charge is 0.120 e. The van der Waals surface area contributed by atoms with Crippen molar-refractivity contribution in [2.45, 2.75) is 13.0 Å². The first-order chi connectivity index (χ1) is 9.86. The fourth-order valence-electron chi connectivity index (χ4n) is 1.82. The SMILES string of the molecule is CC(NCCOCCOc1ccccc1)c1ccco1. The number of para-hydroxylation sites is 1. The molecule has 0 saturated heterocycles. The summed E-state index contributed by atoms with van der Waals surface area (Å²) in [7, 11) is 0. The van der Waals surface area contributed by atoms with Crippen LogP contribution in [0.4, 0.5) is 0 Å². The highest BCUT2D eigenvalue weighted by molar-refractivity contribution is 5.20. The predicted molar refractivity (Wildman–Crippen MR) is 77.9 cm³/mol. The molecule has 108 valence electrons. The highest BCUT2D eigenvalue weighted by Gasteiger charge is 2.05. The molecular formula is C16H21NO3. The Hall–Kier alpha value is -1.78. The van der Waals surface area contributed by atoms with Crippen LogP contribution in [-0.4, -0.2) is 26.4 Å². The fourth-order valence-corrected chi connectivity index (χ4v) is 1.82. The first kappa shape index (κ1) is 14.6. The van der Waals surface area contributed by atoms with Crippen molar-refractivity contribution in [1.82, 2.24) is 5.32 Å². The van der Waals surface area contributed by atoms with Crippen molar-refractivity contribution >= 4 is 0 Å². The Balaban J connectivity index is 1.48. The predicted octanol–water partition coefficient (Wildman–Crippen LogP) is 3.03. The summed E-state index contributed by atoms with van der Waals surface area (Å²) < 4.78 is 16.4. The van der Waals surface area contributed by atoms with E-state index < -0.39 is 0 Å². The van der Waals surface area contributed by atoms with E-state index in [0.717, 1.165) is 18.1 Å². The third kappa shape index (κ3) is 5.07. The first-order valence-corrected chi connectivity index (χ1v) is 6.88. The second-order valence-electron chi connectivity index (χ2n) is 4.47. The molecule has 0 amide bonds. The molecule has 0 spiro atoms. The molecule has 0 radical (unpaired) electrons. The Morgan fingerprint density at radius 1 is 1.05 bits per heavy atom. The first-order valence-electron chi connectivity index (χ1n) is 6.88.